The van der Waals surface area contributed by atoms with Gasteiger partial charge in [0.2, 0.25) is 5.91 Å². The molecule has 4 heterocycles. The number of halogens is 8. The summed E-state index contributed by atoms with van der Waals surface area (Å²) in [5.74, 6) is -1.10. The molecule has 1 amide bonds. The van der Waals surface area contributed by atoms with Gasteiger partial charge in [-0.1, -0.05) is 0 Å². The van der Waals surface area contributed by atoms with Crippen molar-refractivity contribution in [3.63, 3.8) is 0 Å². The van der Waals surface area contributed by atoms with Crippen LogP contribution in [0.1, 0.15) is 36.5 Å². The number of carbonyl (C=O) groups is 1. The van der Waals surface area contributed by atoms with Gasteiger partial charge in [-0.05, 0) is 6.92 Å². The maximum absolute atomic E-state index is 13.6. The molecule has 2 aliphatic heterocycles. The van der Waals surface area contributed by atoms with Crippen LogP contribution in [0.5, 0.6) is 5.75 Å². The van der Waals surface area contributed by atoms with E-state index >= 15 is 0 Å². The maximum Gasteiger partial charge on any atom is 0.423 e. The van der Waals surface area contributed by atoms with Crippen molar-refractivity contribution in [2.45, 2.75) is 44.2 Å². The van der Waals surface area contributed by atoms with Gasteiger partial charge in [0.15, 0.2) is 11.6 Å². The normalized spacial score (nSPS) is 18.0. The molecule has 4 rings (SSSR count). The van der Waals surface area contributed by atoms with Gasteiger partial charge < -0.3 is 24.6 Å². The molecule has 0 aromatic carbocycles. The van der Waals surface area contributed by atoms with Gasteiger partial charge in [0, 0.05) is 31.9 Å². The number of H-pyrrole nitrogens is 1. The Labute approximate surface area is 226 Å². The molecule has 10 nitrogen and oxygen atoms in total. The third kappa shape index (κ3) is 6.62. The third-order valence-electron chi connectivity index (χ3n) is 6.47. The number of ether oxygens (including phenoxy) is 2. The summed E-state index contributed by atoms with van der Waals surface area (Å²) in [4.78, 5) is 31.0. The number of hydrogen-bond acceptors (Lipinski definition) is 8. The van der Waals surface area contributed by atoms with Crippen LogP contribution in [0.4, 0.5) is 46.6 Å². The van der Waals surface area contributed by atoms with E-state index in [0.29, 0.717) is 6.20 Å². The molecule has 0 bridgehead atoms. The van der Waals surface area contributed by atoms with E-state index in [1.165, 1.54) is 16.7 Å². The monoisotopic (exact) mass is 600 g/mol. The number of piperazine rings is 1. The Morgan fingerprint density at radius 2 is 1.93 bits per heavy atom. The average molecular weight is 600 g/mol. The SMILES string of the molecule is C[C@@H](COCCC(=O)N1CCN2c3ncc(C(F)(F)F)c(C(F)F)c3OC[C@H]2C1)Nc1cn[nH]c(=O)c1C(F)(F)F. The van der Waals surface area contributed by atoms with E-state index in [4.69, 9.17) is 9.47 Å². The fraction of sp³-hybridized carbons (Fsp3) is 0.565. The standard InChI is InChI=1S/C23H24F8N6O4/c1-11(34-14-7-33-35-21(39)17(14)23(29,30)31)9-40-5-2-15(38)36-3-4-37-12(8-36)10-41-18-16(19(24)25)13(22(26,27)28)6-32-20(18)37/h6-7,11-12,19H,2-5,8-10H2,1H3,(H2,34,35,39)/t11-,12+/m0/s1. The van der Waals surface area contributed by atoms with Gasteiger partial charge in [-0.25, -0.2) is 18.9 Å². The molecule has 2 atom stereocenters. The molecule has 0 aliphatic carbocycles. The summed E-state index contributed by atoms with van der Waals surface area (Å²) in [6, 6.07) is -1.22. The minimum absolute atomic E-state index is 0.0751. The molecule has 41 heavy (non-hydrogen) atoms. The van der Waals surface area contributed by atoms with Crippen LogP contribution in [0.15, 0.2) is 17.2 Å². The summed E-state index contributed by atoms with van der Waals surface area (Å²) in [6.07, 6.45) is -12.3. The number of nitrogens with zero attached hydrogens (tertiary/aromatic N) is 4. The Morgan fingerprint density at radius 1 is 1.20 bits per heavy atom. The Kier molecular flexibility index (Phi) is 8.60. The molecule has 1 fully saturated rings. The second-order valence-corrected chi connectivity index (χ2v) is 9.39. The van der Waals surface area contributed by atoms with Crippen LogP contribution in [0.2, 0.25) is 0 Å². The number of nitrogens with one attached hydrogen (secondary N) is 2. The van der Waals surface area contributed by atoms with Gasteiger partial charge in [0.05, 0.1) is 48.7 Å². The molecule has 1 saturated heterocycles. The van der Waals surface area contributed by atoms with Crippen LogP contribution < -0.4 is 20.5 Å². The van der Waals surface area contributed by atoms with Gasteiger partial charge in [0.25, 0.3) is 12.0 Å². The van der Waals surface area contributed by atoms with Crippen molar-refractivity contribution in [3.8, 4) is 5.75 Å². The molecule has 0 spiro atoms. The lowest BCUT2D eigenvalue weighted by Gasteiger charge is -2.45. The Morgan fingerprint density at radius 3 is 2.59 bits per heavy atom. The average Bonchev–Trinajstić information content (AvgIpc) is 2.88. The predicted octanol–water partition coefficient (Wildman–Crippen LogP) is 3.46. The van der Waals surface area contributed by atoms with E-state index in [2.05, 4.69) is 15.4 Å². The second kappa shape index (κ2) is 11.7. The molecule has 0 unspecified atom stereocenters. The van der Waals surface area contributed by atoms with Crippen LogP contribution in [0.25, 0.3) is 0 Å². The van der Waals surface area contributed by atoms with E-state index in [-0.39, 0.29) is 57.6 Å². The zero-order valence-corrected chi connectivity index (χ0v) is 21.3. The number of pyridine rings is 1. The fourth-order valence-electron chi connectivity index (χ4n) is 4.64. The summed E-state index contributed by atoms with van der Waals surface area (Å²) >= 11 is 0. The lowest BCUT2D eigenvalue weighted by Crippen LogP contribution is -2.59. The summed E-state index contributed by atoms with van der Waals surface area (Å²) < 4.78 is 117. The van der Waals surface area contributed by atoms with Crippen molar-refractivity contribution < 1.29 is 49.4 Å². The highest BCUT2D eigenvalue weighted by atomic mass is 19.4. The lowest BCUT2D eigenvalue weighted by atomic mass is 10.0. The smallest absolute Gasteiger partial charge is 0.423 e. The molecule has 0 radical (unpaired) electrons. The van der Waals surface area contributed by atoms with Crippen LogP contribution in [0, 0.1) is 0 Å². The quantitative estimate of drug-likeness (QED) is 0.350. The van der Waals surface area contributed by atoms with Crippen molar-refractivity contribution in [2.24, 2.45) is 0 Å². The van der Waals surface area contributed by atoms with E-state index < -0.39 is 64.5 Å². The number of hydrogen-bond donors (Lipinski definition) is 2. The van der Waals surface area contributed by atoms with Crippen molar-refractivity contribution >= 4 is 17.4 Å². The topological polar surface area (TPSA) is 113 Å². The number of anilines is 2. The first-order chi connectivity index (χ1) is 19.2. The summed E-state index contributed by atoms with van der Waals surface area (Å²) in [5, 5.41) is 7.61. The highest BCUT2D eigenvalue weighted by Gasteiger charge is 2.43. The van der Waals surface area contributed by atoms with E-state index in [1.807, 2.05) is 0 Å². The fourth-order valence-corrected chi connectivity index (χ4v) is 4.64. The second-order valence-electron chi connectivity index (χ2n) is 9.39. The van der Waals surface area contributed by atoms with E-state index in [1.54, 1.807) is 5.10 Å². The Balaban J connectivity index is 1.29. The molecule has 2 aromatic rings. The first-order valence-electron chi connectivity index (χ1n) is 12.2. The minimum Gasteiger partial charge on any atom is -0.487 e. The molecular formula is C23H24F8N6O4. The zero-order valence-electron chi connectivity index (χ0n) is 21.3. The third-order valence-corrected chi connectivity index (χ3v) is 6.47. The number of aromatic amines is 1. The summed E-state index contributed by atoms with van der Waals surface area (Å²) in [5.41, 5.74) is -6.19. The Bertz CT molecular complexity index is 1320. The maximum atomic E-state index is 13.6. The molecule has 2 aromatic heterocycles. The summed E-state index contributed by atoms with van der Waals surface area (Å²) in [6.45, 7) is 1.44. The van der Waals surface area contributed by atoms with Crippen LogP contribution in [-0.4, -0.2) is 77.5 Å². The van der Waals surface area contributed by atoms with Gasteiger partial charge in [-0.3, -0.25) is 9.59 Å². The van der Waals surface area contributed by atoms with Crippen LogP contribution in [-0.2, 0) is 21.9 Å². The van der Waals surface area contributed by atoms with Gasteiger partial charge in [0.1, 0.15) is 12.2 Å². The van der Waals surface area contributed by atoms with Gasteiger partial charge >= 0.3 is 12.4 Å². The number of amides is 1. The number of aromatic nitrogens is 3. The number of carbonyl (C=O) groups excluding carboxylic acids is 1. The number of rotatable bonds is 8. The highest BCUT2D eigenvalue weighted by Crippen LogP contribution is 2.46. The highest BCUT2D eigenvalue weighted by molar-refractivity contribution is 5.77. The van der Waals surface area contributed by atoms with Gasteiger partial charge in [-0.2, -0.15) is 31.4 Å². The molecule has 0 saturated carbocycles. The van der Waals surface area contributed by atoms with Crippen molar-refractivity contribution in [2.75, 3.05) is 49.7 Å². The largest absolute Gasteiger partial charge is 0.487 e. The molecular weight excluding hydrogens is 576 g/mol. The van der Waals surface area contributed by atoms with Crippen molar-refractivity contribution in [1.82, 2.24) is 20.1 Å². The predicted molar refractivity (Wildman–Crippen MR) is 126 cm³/mol. The molecule has 18 heteroatoms. The van der Waals surface area contributed by atoms with E-state index in [0.717, 1.165) is 6.20 Å². The van der Waals surface area contributed by atoms with Crippen LogP contribution >= 0.6 is 0 Å². The lowest BCUT2D eigenvalue weighted by molar-refractivity contribution is -0.140. The van der Waals surface area contributed by atoms with Crippen LogP contribution in [0.3, 0.4) is 0 Å². The number of fused-ring (bicyclic) bond motifs is 3. The molecule has 2 aliphatic rings. The zero-order chi connectivity index (χ0) is 30.1. The van der Waals surface area contributed by atoms with E-state index in [9.17, 15) is 44.7 Å². The van der Waals surface area contributed by atoms with Gasteiger partial charge in [-0.15, -0.1) is 0 Å². The first-order valence-corrected chi connectivity index (χ1v) is 12.2. The summed E-state index contributed by atoms with van der Waals surface area (Å²) in [7, 11) is 0. The number of alkyl halides is 8. The van der Waals surface area contributed by atoms with Crippen molar-refractivity contribution in [1.29, 1.82) is 0 Å². The molecule has 226 valence electrons. The Hall–Kier alpha value is -3.70. The minimum atomic E-state index is -5.04. The van der Waals surface area contributed by atoms with Crippen molar-refractivity contribution in [3.05, 3.63) is 39.4 Å². The first kappa shape index (κ1) is 30.3. The molecule has 2 N–H and O–H groups in total.